The number of nitrogens with two attached hydrogens (primary N) is 1. The lowest BCUT2D eigenvalue weighted by molar-refractivity contribution is 0.0158. The van der Waals surface area contributed by atoms with Crippen molar-refractivity contribution >= 4 is 34.0 Å². The van der Waals surface area contributed by atoms with Gasteiger partial charge in [-0.2, -0.15) is 0 Å². The van der Waals surface area contributed by atoms with Crippen LogP contribution in [0.5, 0.6) is 5.75 Å². The van der Waals surface area contributed by atoms with E-state index in [9.17, 15) is 9.90 Å². The second-order valence-corrected chi connectivity index (χ2v) is 17.6. The maximum atomic E-state index is 16.5. The number of benzene rings is 3. The van der Waals surface area contributed by atoms with Crippen molar-refractivity contribution in [3.63, 3.8) is 0 Å². The monoisotopic (exact) mass is 811 g/mol. The van der Waals surface area contributed by atoms with E-state index in [1.54, 1.807) is 18.2 Å². The number of alkyl halides is 1. The lowest BCUT2D eigenvalue weighted by Gasteiger charge is -2.41. The van der Waals surface area contributed by atoms with Gasteiger partial charge in [0.15, 0.2) is 5.82 Å². The number of carbonyl (C=O) groups is 1. The molecule has 0 spiro atoms. The minimum Gasteiger partial charge on any atom is -0.507 e. The largest absolute Gasteiger partial charge is 0.507 e. The minimum atomic E-state index is -1.32. The highest BCUT2D eigenvalue weighted by atomic mass is 19.1. The molecular weight excluding hydrogens is 754 g/mol. The number of para-hydroxylation sites is 1. The maximum Gasteiger partial charge on any atom is 0.253 e. The number of anilines is 3. The number of amides is 1. The van der Waals surface area contributed by atoms with Gasteiger partial charge in [0.1, 0.15) is 11.4 Å². The number of likely N-dealkylation sites (tertiary alicyclic amines) is 2. The Balaban J connectivity index is 0.728. The first-order valence-corrected chi connectivity index (χ1v) is 21.8. The zero-order valence-corrected chi connectivity index (χ0v) is 34.1. The van der Waals surface area contributed by atoms with E-state index in [0.29, 0.717) is 67.1 Å². The van der Waals surface area contributed by atoms with Gasteiger partial charge in [-0.15, -0.1) is 10.2 Å². The molecule has 5 aliphatic rings. The second kappa shape index (κ2) is 16.2. The van der Waals surface area contributed by atoms with Crippen LogP contribution in [0.1, 0.15) is 93.5 Å². The standard InChI is InChI=1S/C48H56FN9O2/c49-48(31-54-23-16-37(17-24-54)58-30-41(34-10-11-34)40-27-38(14-15-43(40)58)57-22-4-20-51-32-57)18-25-55(26-19-48)47(60)35-12-8-33(9-13-35)36-5-3-21-56(29-36)44-28-42(52-53-46(44)50)39-6-1-2-7-45(39)59/h1-2,4,6-9,12-15,22,27-28,30,34,36-37,51,59H,3,5,10-11,16-21,23-26,29,31-32H2,(H2,50,53)/i20D,32D. The van der Waals surface area contributed by atoms with Crippen LogP contribution in [0.4, 0.5) is 21.6 Å². The Kier molecular flexibility index (Phi) is 9.82. The van der Waals surface area contributed by atoms with Crippen molar-refractivity contribution in [1.82, 2.24) is 29.9 Å². The second-order valence-electron chi connectivity index (χ2n) is 17.6. The van der Waals surface area contributed by atoms with Crippen molar-refractivity contribution < 1.29 is 17.0 Å². The Hall–Kier alpha value is -5.46. The molecule has 10 rings (SSSR count). The highest BCUT2D eigenvalue weighted by Gasteiger charge is 2.39. The molecule has 60 heavy (non-hydrogen) atoms. The van der Waals surface area contributed by atoms with Crippen LogP contribution in [0.3, 0.4) is 0 Å². The van der Waals surface area contributed by atoms with Crippen LogP contribution >= 0.6 is 0 Å². The van der Waals surface area contributed by atoms with Gasteiger partial charge in [0.2, 0.25) is 0 Å². The molecule has 1 saturated carbocycles. The third kappa shape index (κ3) is 7.83. The Morgan fingerprint density at radius 2 is 1.73 bits per heavy atom. The van der Waals surface area contributed by atoms with E-state index in [-0.39, 0.29) is 17.6 Å². The Labute approximate surface area is 354 Å². The predicted octanol–water partition coefficient (Wildman–Crippen LogP) is 7.81. The first kappa shape index (κ1) is 36.4. The molecule has 3 aromatic carbocycles. The topological polar surface area (TPSA) is 119 Å². The van der Waals surface area contributed by atoms with E-state index >= 15 is 4.39 Å². The number of nitrogens with zero attached hydrogens (tertiary/aromatic N) is 7. The van der Waals surface area contributed by atoms with Gasteiger partial charge >= 0.3 is 0 Å². The number of piperidine rings is 3. The van der Waals surface area contributed by atoms with E-state index in [2.05, 4.69) is 66.4 Å². The number of carbonyl (C=O) groups excluding carboxylic acids is 1. The molecule has 3 saturated heterocycles. The van der Waals surface area contributed by atoms with E-state index in [0.717, 1.165) is 68.8 Å². The number of nitrogens with one attached hydrogen (secondary N) is 1. The van der Waals surface area contributed by atoms with E-state index in [1.807, 2.05) is 46.3 Å². The summed E-state index contributed by atoms with van der Waals surface area (Å²) < 4.78 is 35.4. The SMILES string of the molecule is [2H]C1C=CN(c2ccc3c(c2)c(C2CC2)cn3C2CCN(CC3(F)CCN(C(=O)c4ccc(C5CCCN(c6cc(-c7ccccc7O)nnc6N)C5)cc4)CC3)CC2)C([2H])N1. The van der Waals surface area contributed by atoms with Crippen molar-refractivity contribution in [2.24, 2.45) is 0 Å². The van der Waals surface area contributed by atoms with Crippen molar-refractivity contribution in [3.05, 3.63) is 108 Å². The molecule has 0 bridgehead atoms. The van der Waals surface area contributed by atoms with Gasteiger partial charge in [-0.25, -0.2) is 4.39 Å². The number of aromatic nitrogens is 3. The molecule has 4 N–H and O–H groups in total. The molecule has 6 heterocycles. The third-order valence-electron chi connectivity index (χ3n) is 13.6. The molecule has 2 aromatic heterocycles. The molecule has 3 atom stereocenters. The molecule has 4 fully saturated rings. The summed E-state index contributed by atoms with van der Waals surface area (Å²) in [6.07, 6.45) is 13.0. The van der Waals surface area contributed by atoms with Gasteiger partial charge in [0, 0.05) is 119 Å². The zero-order chi connectivity index (χ0) is 42.5. The highest BCUT2D eigenvalue weighted by molar-refractivity contribution is 5.94. The molecule has 4 aliphatic heterocycles. The van der Waals surface area contributed by atoms with Crippen LogP contribution in [0.25, 0.3) is 22.2 Å². The van der Waals surface area contributed by atoms with Crippen LogP contribution in [-0.4, -0.2) is 100 Å². The molecule has 11 nitrogen and oxygen atoms in total. The van der Waals surface area contributed by atoms with Crippen LogP contribution in [0.15, 0.2) is 91.3 Å². The fourth-order valence-electron chi connectivity index (χ4n) is 10.0. The lowest BCUT2D eigenvalue weighted by atomic mass is 9.89. The highest BCUT2D eigenvalue weighted by Crippen LogP contribution is 2.46. The van der Waals surface area contributed by atoms with Crippen LogP contribution < -0.4 is 20.9 Å². The molecular formula is C48H56FN9O2. The molecule has 1 aliphatic carbocycles. The fraction of sp³-hybridized carbons (Fsp3) is 0.438. The maximum absolute atomic E-state index is 16.5. The van der Waals surface area contributed by atoms with Gasteiger partial charge in [-0.1, -0.05) is 30.3 Å². The third-order valence-corrected chi connectivity index (χ3v) is 13.6. The summed E-state index contributed by atoms with van der Waals surface area (Å²) >= 11 is 0. The summed E-state index contributed by atoms with van der Waals surface area (Å²) in [6, 6.07) is 23.8. The summed E-state index contributed by atoms with van der Waals surface area (Å²) in [5.74, 6) is 1.28. The Bertz CT molecular complexity index is 2460. The number of halogens is 1. The van der Waals surface area contributed by atoms with Crippen LogP contribution in [0.2, 0.25) is 0 Å². The van der Waals surface area contributed by atoms with Gasteiger partial charge in [0.05, 0.1) is 19.4 Å². The minimum absolute atomic E-state index is 0.0429. The van der Waals surface area contributed by atoms with E-state index in [1.165, 1.54) is 29.3 Å². The van der Waals surface area contributed by atoms with Crippen molar-refractivity contribution in [2.45, 2.75) is 74.9 Å². The Morgan fingerprint density at radius 3 is 2.50 bits per heavy atom. The molecule has 5 aromatic rings. The van der Waals surface area contributed by atoms with Gasteiger partial charge in [0.25, 0.3) is 5.91 Å². The Morgan fingerprint density at radius 1 is 0.933 bits per heavy atom. The van der Waals surface area contributed by atoms with Gasteiger partial charge in [-0.3, -0.25) is 10.1 Å². The van der Waals surface area contributed by atoms with Crippen molar-refractivity contribution in [2.75, 3.05) is 74.5 Å². The average Bonchev–Trinajstić information content (AvgIpc) is 4.07. The summed E-state index contributed by atoms with van der Waals surface area (Å²) in [7, 11) is 0. The average molecular weight is 812 g/mol. The normalized spacial score (nSPS) is 24.4. The fourth-order valence-corrected chi connectivity index (χ4v) is 10.0. The number of phenolic OH excluding ortho intramolecular Hbond substituents is 1. The van der Waals surface area contributed by atoms with Gasteiger partial charge in [-0.05, 0) is 104 Å². The van der Waals surface area contributed by atoms with Crippen LogP contribution in [0, 0.1) is 0 Å². The zero-order valence-electron chi connectivity index (χ0n) is 36.1. The molecule has 1 amide bonds. The molecule has 3 unspecified atom stereocenters. The first-order valence-electron chi connectivity index (χ1n) is 22.9. The summed E-state index contributed by atoms with van der Waals surface area (Å²) in [5, 5.41) is 23.1. The summed E-state index contributed by atoms with van der Waals surface area (Å²) in [4.78, 5) is 21.9. The number of nitrogen functional groups attached to an aromatic ring is 1. The lowest BCUT2D eigenvalue weighted by Crippen LogP contribution is -2.51. The summed E-state index contributed by atoms with van der Waals surface area (Å²) in [6.45, 7) is 3.21. The number of aromatic hydroxyl groups is 1. The smallest absolute Gasteiger partial charge is 0.253 e. The van der Waals surface area contributed by atoms with Crippen LogP contribution in [-0.2, 0) is 0 Å². The predicted molar refractivity (Wildman–Crippen MR) is 236 cm³/mol. The number of fused-ring (bicyclic) bond motifs is 1. The molecule has 12 heteroatoms. The van der Waals surface area contributed by atoms with Gasteiger partial charge < -0.3 is 35.0 Å². The quantitative estimate of drug-likeness (QED) is 0.137. The molecule has 312 valence electrons. The number of rotatable bonds is 9. The molecule has 0 radical (unpaired) electrons. The van der Waals surface area contributed by atoms with E-state index < -0.39 is 18.8 Å². The first-order chi connectivity index (χ1) is 30.1. The number of hydrogen-bond donors (Lipinski definition) is 3. The number of hydrogen-bond acceptors (Lipinski definition) is 9. The number of phenols is 1. The summed E-state index contributed by atoms with van der Waals surface area (Å²) in [5.41, 5.74) is 12.3. The van der Waals surface area contributed by atoms with Crippen molar-refractivity contribution in [3.8, 4) is 17.0 Å². The van der Waals surface area contributed by atoms with E-state index in [4.69, 9.17) is 8.48 Å². The van der Waals surface area contributed by atoms with Crippen molar-refractivity contribution in [1.29, 1.82) is 0 Å².